The minimum Gasteiger partial charge on any atom is -0.316 e. The molecule has 0 spiro atoms. The molecule has 2 aromatic heterocycles. The number of aromatic nitrogens is 3. The lowest BCUT2D eigenvalue weighted by molar-refractivity contribution is 0.874. The van der Waals surface area contributed by atoms with E-state index in [9.17, 15) is 0 Å². The number of nitrogens with zero attached hydrogens (tertiary/aromatic N) is 3. The molecule has 2 heterocycles. The summed E-state index contributed by atoms with van der Waals surface area (Å²) in [6.45, 7) is 1.94. The van der Waals surface area contributed by atoms with Crippen LogP contribution in [0.1, 0.15) is 5.82 Å². The lowest BCUT2D eigenvalue weighted by Gasteiger charge is -1.94. The van der Waals surface area contributed by atoms with Crippen LogP contribution in [0.5, 0.6) is 0 Å². The van der Waals surface area contributed by atoms with Crippen LogP contribution < -0.4 is 0 Å². The fraction of sp³-hybridized carbons (Fsp3) is 0.250. The van der Waals surface area contributed by atoms with Crippen LogP contribution in [-0.4, -0.2) is 14.5 Å². The van der Waals surface area contributed by atoms with Crippen molar-refractivity contribution in [2.24, 2.45) is 7.05 Å². The van der Waals surface area contributed by atoms with Gasteiger partial charge >= 0.3 is 0 Å². The highest BCUT2D eigenvalue weighted by Crippen LogP contribution is 2.14. The fourth-order valence-electron chi connectivity index (χ4n) is 1.15. The first-order valence-corrected chi connectivity index (χ1v) is 4.02. The quantitative estimate of drug-likeness (QED) is 0.582. The monoisotopic (exact) mass is 181 g/mol. The van der Waals surface area contributed by atoms with Gasteiger partial charge in [-0.2, -0.15) is 0 Å². The summed E-state index contributed by atoms with van der Waals surface area (Å²) in [7, 11) is 1.92. The van der Waals surface area contributed by atoms with Crippen molar-refractivity contribution in [1.82, 2.24) is 14.5 Å². The molecule has 0 atom stereocenters. The van der Waals surface area contributed by atoms with E-state index in [1.165, 1.54) is 0 Å². The van der Waals surface area contributed by atoms with E-state index in [4.69, 9.17) is 11.6 Å². The SMILES string of the molecule is Cc1nc2ccc(Cl)nc2n1C. The highest BCUT2D eigenvalue weighted by Gasteiger charge is 2.04. The Morgan fingerprint density at radius 3 is 2.83 bits per heavy atom. The van der Waals surface area contributed by atoms with Crippen LogP contribution in [0.25, 0.3) is 11.2 Å². The molecule has 0 unspecified atom stereocenters. The summed E-state index contributed by atoms with van der Waals surface area (Å²) >= 11 is 5.75. The second-order valence-electron chi connectivity index (χ2n) is 2.69. The maximum atomic E-state index is 5.75. The summed E-state index contributed by atoms with van der Waals surface area (Å²) in [6, 6.07) is 3.62. The Bertz CT molecular complexity index is 433. The Morgan fingerprint density at radius 1 is 1.33 bits per heavy atom. The summed E-state index contributed by atoms with van der Waals surface area (Å²) in [5.74, 6) is 0.944. The fourth-order valence-corrected chi connectivity index (χ4v) is 1.30. The van der Waals surface area contributed by atoms with Crippen molar-refractivity contribution >= 4 is 22.8 Å². The molecule has 0 amide bonds. The highest BCUT2D eigenvalue weighted by atomic mass is 35.5. The predicted molar refractivity (Wildman–Crippen MR) is 48.3 cm³/mol. The van der Waals surface area contributed by atoms with Crippen molar-refractivity contribution in [2.45, 2.75) is 6.92 Å². The van der Waals surface area contributed by atoms with Gasteiger partial charge in [0.15, 0.2) is 5.65 Å². The van der Waals surface area contributed by atoms with Crippen molar-refractivity contribution in [2.75, 3.05) is 0 Å². The zero-order valence-electron chi connectivity index (χ0n) is 6.87. The molecule has 0 bridgehead atoms. The summed E-state index contributed by atoms with van der Waals surface area (Å²) in [5, 5.41) is 0.505. The third kappa shape index (κ3) is 0.975. The Balaban J connectivity index is 2.88. The first kappa shape index (κ1) is 7.55. The first-order chi connectivity index (χ1) is 5.68. The van der Waals surface area contributed by atoms with Crippen molar-refractivity contribution in [3.05, 3.63) is 23.1 Å². The first-order valence-electron chi connectivity index (χ1n) is 3.64. The van der Waals surface area contributed by atoms with Gasteiger partial charge in [0.1, 0.15) is 16.5 Å². The van der Waals surface area contributed by atoms with Crippen molar-refractivity contribution in [3.63, 3.8) is 0 Å². The van der Waals surface area contributed by atoms with Crippen molar-refractivity contribution in [1.29, 1.82) is 0 Å². The van der Waals surface area contributed by atoms with E-state index >= 15 is 0 Å². The lowest BCUT2D eigenvalue weighted by atomic mass is 10.4. The van der Waals surface area contributed by atoms with E-state index in [0.29, 0.717) is 5.15 Å². The van der Waals surface area contributed by atoms with Gasteiger partial charge in [0, 0.05) is 7.05 Å². The molecule has 0 saturated carbocycles. The molecule has 4 heteroatoms. The van der Waals surface area contributed by atoms with Gasteiger partial charge in [-0.15, -0.1) is 0 Å². The van der Waals surface area contributed by atoms with E-state index in [-0.39, 0.29) is 0 Å². The lowest BCUT2D eigenvalue weighted by Crippen LogP contribution is -1.92. The number of rotatable bonds is 0. The molecule has 2 rings (SSSR count). The van der Waals surface area contributed by atoms with Crippen LogP contribution in [0.15, 0.2) is 12.1 Å². The largest absolute Gasteiger partial charge is 0.316 e. The summed E-state index contributed by atoms with van der Waals surface area (Å²) in [4.78, 5) is 8.46. The maximum Gasteiger partial charge on any atom is 0.161 e. The molecule has 3 nitrogen and oxygen atoms in total. The minimum absolute atomic E-state index is 0.505. The van der Waals surface area contributed by atoms with Gasteiger partial charge in [-0.05, 0) is 19.1 Å². The molecule has 0 aliphatic heterocycles. The molecule has 0 aliphatic rings. The second kappa shape index (κ2) is 2.45. The number of hydrogen-bond acceptors (Lipinski definition) is 2. The Labute approximate surface area is 75.0 Å². The van der Waals surface area contributed by atoms with Gasteiger partial charge in [0.25, 0.3) is 0 Å². The zero-order valence-corrected chi connectivity index (χ0v) is 7.63. The molecule has 0 N–H and O–H groups in total. The van der Waals surface area contributed by atoms with Crippen LogP contribution in [-0.2, 0) is 7.05 Å². The molecular formula is C8H8ClN3. The number of halogens is 1. The van der Waals surface area contributed by atoms with Crippen LogP contribution in [0.2, 0.25) is 5.15 Å². The van der Waals surface area contributed by atoms with Gasteiger partial charge in [0.05, 0.1) is 0 Å². The van der Waals surface area contributed by atoms with Crippen LogP contribution in [0, 0.1) is 6.92 Å². The van der Waals surface area contributed by atoms with Gasteiger partial charge in [-0.1, -0.05) is 11.6 Å². The Morgan fingerprint density at radius 2 is 2.08 bits per heavy atom. The maximum absolute atomic E-state index is 5.75. The number of hydrogen-bond donors (Lipinski definition) is 0. The molecule has 0 aliphatic carbocycles. The second-order valence-corrected chi connectivity index (χ2v) is 3.08. The molecule has 2 aromatic rings. The van der Waals surface area contributed by atoms with Gasteiger partial charge in [-0.25, -0.2) is 9.97 Å². The van der Waals surface area contributed by atoms with Gasteiger partial charge in [0.2, 0.25) is 0 Å². The van der Waals surface area contributed by atoms with E-state index in [0.717, 1.165) is 17.0 Å². The van der Waals surface area contributed by atoms with E-state index in [1.54, 1.807) is 6.07 Å². The Kier molecular flexibility index (Phi) is 1.54. The molecule has 0 aromatic carbocycles. The van der Waals surface area contributed by atoms with Crippen LogP contribution in [0.3, 0.4) is 0 Å². The van der Waals surface area contributed by atoms with Gasteiger partial charge < -0.3 is 4.57 Å². The summed E-state index contributed by atoms with van der Waals surface area (Å²) in [6.07, 6.45) is 0. The molecular weight excluding hydrogens is 174 g/mol. The third-order valence-electron chi connectivity index (χ3n) is 1.91. The van der Waals surface area contributed by atoms with Gasteiger partial charge in [-0.3, -0.25) is 0 Å². The predicted octanol–water partition coefficient (Wildman–Crippen LogP) is 1.93. The smallest absolute Gasteiger partial charge is 0.161 e. The number of fused-ring (bicyclic) bond motifs is 1. The van der Waals surface area contributed by atoms with Crippen molar-refractivity contribution in [3.8, 4) is 0 Å². The highest BCUT2D eigenvalue weighted by molar-refractivity contribution is 6.29. The number of imidazole rings is 1. The third-order valence-corrected chi connectivity index (χ3v) is 2.12. The molecule has 0 fully saturated rings. The van der Waals surface area contributed by atoms with Crippen LogP contribution >= 0.6 is 11.6 Å². The van der Waals surface area contributed by atoms with E-state index in [1.807, 2.05) is 24.6 Å². The average Bonchev–Trinajstić information content (AvgIpc) is 2.31. The molecule has 62 valence electrons. The number of pyridine rings is 1. The summed E-state index contributed by atoms with van der Waals surface area (Å²) in [5.41, 5.74) is 1.72. The molecule has 12 heavy (non-hydrogen) atoms. The normalized spacial score (nSPS) is 10.9. The average molecular weight is 182 g/mol. The minimum atomic E-state index is 0.505. The zero-order chi connectivity index (χ0) is 8.72. The Hall–Kier alpha value is -1.09. The van der Waals surface area contributed by atoms with Crippen LogP contribution in [0.4, 0.5) is 0 Å². The standard InChI is InChI=1S/C8H8ClN3/c1-5-10-6-3-4-7(9)11-8(6)12(5)2/h3-4H,1-2H3. The van der Waals surface area contributed by atoms with E-state index < -0.39 is 0 Å². The molecule has 0 radical (unpaired) electrons. The topological polar surface area (TPSA) is 30.7 Å². The number of aryl methyl sites for hydroxylation is 2. The summed E-state index contributed by atoms with van der Waals surface area (Å²) < 4.78 is 1.92. The molecule has 0 saturated heterocycles. The van der Waals surface area contributed by atoms with E-state index in [2.05, 4.69) is 9.97 Å². The van der Waals surface area contributed by atoms with Crippen molar-refractivity contribution < 1.29 is 0 Å².